The minimum Gasteiger partial charge on any atom is -0.370 e. The number of nitrogens with two attached hydrogens (primary N) is 1. The summed E-state index contributed by atoms with van der Waals surface area (Å²) in [4.78, 5) is 24.8. The van der Waals surface area contributed by atoms with Crippen molar-refractivity contribution in [3.8, 4) is 0 Å². The van der Waals surface area contributed by atoms with E-state index in [9.17, 15) is 14.9 Å². The van der Waals surface area contributed by atoms with E-state index < -0.39 is 10.8 Å². The highest BCUT2D eigenvalue weighted by Gasteiger charge is 2.17. The van der Waals surface area contributed by atoms with Crippen molar-refractivity contribution >= 4 is 17.4 Å². The average molecular weight is 238 g/mol. The molecule has 0 aliphatic heterocycles. The van der Waals surface area contributed by atoms with Gasteiger partial charge in [-0.1, -0.05) is 0 Å². The van der Waals surface area contributed by atoms with E-state index in [4.69, 9.17) is 5.73 Å². The molecular weight excluding hydrogens is 224 g/mol. The van der Waals surface area contributed by atoms with Gasteiger partial charge < -0.3 is 11.1 Å². The number of aromatic nitrogens is 1. The second-order valence-electron chi connectivity index (χ2n) is 3.58. The standard InChI is InChI=1S/C10H14N4O3/c1-7-4-6-13-10(9(7)14(16)17)12-5-2-3-8(11)15/h4,6H,2-3,5H2,1H3,(H2,11,15)(H,12,13). The Balaban J connectivity index is 2.67. The first kappa shape index (κ1) is 12.9. The molecule has 1 heterocycles. The number of carbonyl (C=O) groups is 1. The molecule has 1 aromatic rings. The molecule has 0 atom stereocenters. The summed E-state index contributed by atoms with van der Waals surface area (Å²) in [6.07, 6.45) is 2.26. The summed E-state index contributed by atoms with van der Waals surface area (Å²) in [7, 11) is 0. The van der Waals surface area contributed by atoms with E-state index in [-0.39, 0.29) is 17.9 Å². The molecule has 0 saturated carbocycles. The first-order chi connectivity index (χ1) is 8.02. The number of pyridine rings is 1. The van der Waals surface area contributed by atoms with E-state index in [1.54, 1.807) is 13.0 Å². The summed E-state index contributed by atoms with van der Waals surface area (Å²) in [5.41, 5.74) is 5.49. The molecule has 7 nitrogen and oxygen atoms in total. The van der Waals surface area contributed by atoms with Crippen LogP contribution in [0.25, 0.3) is 0 Å². The van der Waals surface area contributed by atoms with Gasteiger partial charge in [0, 0.05) is 24.7 Å². The van der Waals surface area contributed by atoms with Crippen LogP contribution >= 0.6 is 0 Å². The van der Waals surface area contributed by atoms with Crippen molar-refractivity contribution in [3.63, 3.8) is 0 Å². The van der Waals surface area contributed by atoms with Gasteiger partial charge in [-0.25, -0.2) is 4.98 Å². The van der Waals surface area contributed by atoms with Crippen LogP contribution in [0.15, 0.2) is 12.3 Å². The van der Waals surface area contributed by atoms with Crippen LogP contribution in [0.5, 0.6) is 0 Å². The summed E-state index contributed by atoms with van der Waals surface area (Å²) in [6, 6.07) is 1.58. The minimum absolute atomic E-state index is 0.0356. The van der Waals surface area contributed by atoms with Crippen LogP contribution in [-0.4, -0.2) is 22.4 Å². The predicted octanol–water partition coefficient (Wildman–Crippen LogP) is 0.976. The number of rotatable bonds is 6. The number of nitrogens with zero attached hydrogens (tertiary/aromatic N) is 2. The lowest BCUT2D eigenvalue weighted by Gasteiger charge is -2.06. The van der Waals surface area contributed by atoms with Crippen molar-refractivity contribution in [1.82, 2.24) is 4.98 Å². The molecule has 0 radical (unpaired) electrons. The molecule has 17 heavy (non-hydrogen) atoms. The summed E-state index contributed by atoms with van der Waals surface area (Å²) in [6.45, 7) is 2.06. The van der Waals surface area contributed by atoms with Gasteiger partial charge in [-0.2, -0.15) is 0 Å². The molecule has 0 spiro atoms. The van der Waals surface area contributed by atoms with Crippen molar-refractivity contribution in [1.29, 1.82) is 0 Å². The Morgan fingerprint density at radius 1 is 1.65 bits per heavy atom. The van der Waals surface area contributed by atoms with E-state index >= 15 is 0 Å². The molecule has 0 aliphatic carbocycles. The van der Waals surface area contributed by atoms with Crippen LogP contribution < -0.4 is 11.1 Å². The molecule has 0 aliphatic rings. The lowest BCUT2D eigenvalue weighted by atomic mass is 10.2. The molecule has 0 fully saturated rings. The quantitative estimate of drug-likeness (QED) is 0.436. The highest BCUT2D eigenvalue weighted by molar-refractivity contribution is 5.73. The van der Waals surface area contributed by atoms with E-state index in [1.165, 1.54) is 6.20 Å². The number of nitro groups is 1. The van der Waals surface area contributed by atoms with Gasteiger partial charge in [0.25, 0.3) is 0 Å². The number of amides is 1. The molecule has 0 unspecified atom stereocenters. The molecular formula is C10H14N4O3. The number of primary amides is 1. The molecule has 0 saturated heterocycles. The van der Waals surface area contributed by atoms with Crippen LogP contribution in [0.1, 0.15) is 18.4 Å². The fourth-order valence-corrected chi connectivity index (χ4v) is 1.38. The van der Waals surface area contributed by atoms with Crippen LogP contribution in [0, 0.1) is 17.0 Å². The van der Waals surface area contributed by atoms with Gasteiger partial charge in [0.2, 0.25) is 11.7 Å². The van der Waals surface area contributed by atoms with E-state index in [1.807, 2.05) is 0 Å². The lowest BCUT2D eigenvalue weighted by molar-refractivity contribution is -0.384. The number of aryl methyl sites for hydroxylation is 1. The lowest BCUT2D eigenvalue weighted by Crippen LogP contribution is -2.13. The molecule has 0 aromatic carbocycles. The van der Waals surface area contributed by atoms with Gasteiger partial charge in [0.1, 0.15) is 0 Å². The third-order valence-corrected chi connectivity index (χ3v) is 2.20. The number of anilines is 1. The summed E-state index contributed by atoms with van der Waals surface area (Å²) >= 11 is 0. The summed E-state index contributed by atoms with van der Waals surface area (Å²) in [5.74, 6) is -0.169. The third-order valence-electron chi connectivity index (χ3n) is 2.20. The van der Waals surface area contributed by atoms with Crippen LogP contribution in [-0.2, 0) is 4.79 Å². The molecule has 1 rings (SSSR count). The third kappa shape index (κ3) is 3.71. The fourth-order valence-electron chi connectivity index (χ4n) is 1.38. The maximum atomic E-state index is 10.8. The minimum atomic E-state index is -0.473. The Bertz CT molecular complexity index is 434. The maximum Gasteiger partial charge on any atom is 0.314 e. The van der Waals surface area contributed by atoms with Crippen LogP contribution in [0.4, 0.5) is 11.5 Å². The maximum absolute atomic E-state index is 10.8. The van der Waals surface area contributed by atoms with Gasteiger partial charge in [-0.15, -0.1) is 0 Å². The molecule has 1 amide bonds. The van der Waals surface area contributed by atoms with Gasteiger partial charge in [0.15, 0.2) is 0 Å². The first-order valence-electron chi connectivity index (χ1n) is 5.14. The molecule has 92 valence electrons. The summed E-state index contributed by atoms with van der Waals surface area (Å²) < 4.78 is 0. The fraction of sp³-hybridized carbons (Fsp3) is 0.400. The van der Waals surface area contributed by atoms with Gasteiger partial charge >= 0.3 is 5.69 Å². The summed E-state index contributed by atoms with van der Waals surface area (Å²) in [5, 5.41) is 13.7. The average Bonchev–Trinajstić information content (AvgIpc) is 2.23. The topological polar surface area (TPSA) is 111 Å². The Kier molecular flexibility index (Phi) is 4.38. The SMILES string of the molecule is Cc1ccnc(NCCCC(N)=O)c1[N+](=O)[O-]. The Hall–Kier alpha value is -2.18. The Labute approximate surface area is 98.2 Å². The smallest absolute Gasteiger partial charge is 0.314 e. The number of hydrogen-bond donors (Lipinski definition) is 2. The normalized spacial score (nSPS) is 9.94. The van der Waals surface area contributed by atoms with Crippen molar-refractivity contribution in [2.45, 2.75) is 19.8 Å². The Morgan fingerprint density at radius 3 is 2.94 bits per heavy atom. The molecule has 0 bridgehead atoms. The zero-order valence-electron chi connectivity index (χ0n) is 9.47. The van der Waals surface area contributed by atoms with Crippen LogP contribution in [0.3, 0.4) is 0 Å². The monoisotopic (exact) mass is 238 g/mol. The van der Waals surface area contributed by atoms with E-state index in [0.29, 0.717) is 18.5 Å². The molecule has 1 aromatic heterocycles. The van der Waals surface area contributed by atoms with Crippen molar-refractivity contribution in [2.75, 3.05) is 11.9 Å². The van der Waals surface area contributed by atoms with E-state index in [2.05, 4.69) is 10.3 Å². The second-order valence-corrected chi connectivity index (χ2v) is 3.58. The van der Waals surface area contributed by atoms with Gasteiger partial charge in [0.05, 0.1) is 4.92 Å². The van der Waals surface area contributed by atoms with Crippen molar-refractivity contribution < 1.29 is 9.72 Å². The molecule has 7 heteroatoms. The van der Waals surface area contributed by atoms with E-state index in [0.717, 1.165) is 0 Å². The first-order valence-corrected chi connectivity index (χ1v) is 5.14. The Morgan fingerprint density at radius 2 is 2.35 bits per heavy atom. The van der Waals surface area contributed by atoms with Crippen molar-refractivity contribution in [2.24, 2.45) is 5.73 Å². The highest BCUT2D eigenvalue weighted by Crippen LogP contribution is 2.25. The highest BCUT2D eigenvalue weighted by atomic mass is 16.6. The zero-order valence-corrected chi connectivity index (χ0v) is 9.47. The molecule has 3 N–H and O–H groups in total. The predicted molar refractivity (Wildman–Crippen MR) is 62.5 cm³/mol. The van der Waals surface area contributed by atoms with Crippen molar-refractivity contribution in [3.05, 3.63) is 27.9 Å². The van der Waals surface area contributed by atoms with Crippen LogP contribution in [0.2, 0.25) is 0 Å². The van der Waals surface area contributed by atoms with Gasteiger partial charge in [-0.05, 0) is 19.4 Å². The number of hydrogen-bond acceptors (Lipinski definition) is 5. The second kappa shape index (κ2) is 5.78. The van der Waals surface area contributed by atoms with Gasteiger partial charge in [-0.3, -0.25) is 14.9 Å². The zero-order chi connectivity index (χ0) is 12.8. The number of carbonyl (C=O) groups excluding carboxylic acids is 1. The number of nitrogens with one attached hydrogen (secondary N) is 1. The largest absolute Gasteiger partial charge is 0.370 e.